The van der Waals surface area contributed by atoms with Crippen molar-refractivity contribution in [2.75, 3.05) is 12.9 Å². The molecule has 0 saturated heterocycles. The van der Waals surface area contributed by atoms with E-state index in [-0.39, 0.29) is 11.7 Å². The van der Waals surface area contributed by atoms with E-state index in [4.69, 9.17) is 4.74 Å². The molecule has 4 aromatic rings. The number of nitrogens with zero attached hydrogens (tertiary/aromatic N) is 4. The predicted octanol–water partition coefficient (Wildman–Crippen LogP) is 5.16. The van der Waals surface area contributed by atoms with Crippen LogP contribution in [0.15, 0.2) is 95.2 Å². The van der Waals surface area contributed by atoms with Gasteiger partial charge in [0.25, 0.3) is 5.91 Å². The van der Waals surface area contributed by atoms with E-state index in [1.807, 2.05) is 96.4 Å². The molecule has 0 bridgehead atoms. The van der Waals surface area contributed by atoms with Crippen LogP contribution in [-0.2, 0) is 4.79 Å². The lowest BCUT2D eigenvalue weighted by Crippen LogP contribution is -2.19. The summed E-state index contributed by atoms with van der Waals surface area (Å²) in [6.45, 7) is 2.04. The predicted molar refractivity (Wildman–Crippen MR) is 141 cm³/mol. The monoisotopic (exact) mass is 483 g/mol. The second kappa shape index (κ2) is 11.8. The first-order valence-corrected chi connectivity index (χ1v) is 12.0. The molecule has 0 aliphatic heterocycles. The number of allylic oxidation sites excluding steroid dienone is 1. The molecule has 0 radical (unpaired) electrons. The lowest BCUT2D eigenvalue weighted by molar-refractivity contribution is -0.118. The van der Waals surface area contributed by atoms with E-state index in [0.717, 1.165) is 34.0 Å². The van der Waals surface area contributed by atoms with Crippen LogP contribution in [0.1, 0.15) is 11.1 Å². The van der Waals surface area contributed by atoms with Gasteiger partial charge in [0.2, 0.25) is 0 Å². The van der Waals surface area contributed by atoms with Crippen molar-refractivity contribution in [2.45, 2.75) is 12.1 Å². The van der Waals surface area contributed by atoms with Gasteiger partial charge in [-0.3, -0.25) is 9.36 Å². The number of hydrogen-bond donors (Lipinski definition) is 1. The van der Waals surface area contributed by atoms with Crippen LogP contribution in [0.4, 0.5) is 0 Å². The highest BCUT2D eigenvalue weighted by molar-refractivity contribution is 7.99. The number of nitrogens with one attached hydrogen (secondary N) is 1. The number of rotatable bonds is 9. The minimum Gasteiger partial charge on any atom is -0.496 e. The maximum atomic E-state index is 12.4. The highest BCUT2D eigenvalue weighted by atomic mass is 32.2. The molecular weight excluding hydrogens is 458 g/mol. The van der Waals surface area contributed by atoms with Crippen LogP contribution in [0.3, 0.4) is 0 Å². The first kappa shape index (κ1) is 24.0. The quantitative estimate of drug-likeness (QED) is 0.202. The van der Waals surface area contributed by atoms with Crippen LogP contribution in [0.25, 0.3) is 23.2 Å². The van der Waals surface area contributed by atoms with E-state index < -0.39 is 0 Å². The molecule has 3 aromatic carbocycles. The summed E-state index contributed by atoms with van der Waals surface area (Å²) in [5.74, 6) is 1.39. The van der Waals surface area contributed by atoms with Crippen LogP contribution in [0, 0.1) is 6.92 Å². The van der Waals surface area contributed by atoms with Gasteiger partial charge in [0.1, 0.15) is 5.75 Å². The number of carbonyl (C=O) groups excluding carboxylic acids is 1. The average molecular weight is 484 g/mol. The number of aryl methyl sites for hydroxylation is 1. The summed E-state index contributed by atoms with van der Waals surface area (Å²) in [6.07, 6.45) is 5.13. The van der Waals surface area contributed by atoms with Crippen molar-refractivity contribution in [3.8, 4) is 22.8 Å². The fourth-order valence-electron chi connectivity index (χ4n) is 3.33. The molecule has 0 fully saturated rings. The molecule has 8 heteroatoms. The Hall–Kier alpha value is -4.17. The smallest absolute Gasteiger partial charge is 0.250 e. The number of carbonyl (C=O) groups is 1. The van der Waals surface area contributed by atoms with E-state index >= 15 is 0 Å². The molecule has 7 nitrogen and oxygen atoms in total. The van der Waals surface area contributed by atoms with Gasteiger partial charge in [0.05, 0.1) is 12.9 Å². The molecular formula is C27H25N5O2S. The summed E-state index contributed by atoms with van der Waals surface area (Å²) in [4.78, 5) is 12.4. The Morgan fingerprint density at radius 2 is 1.77 bits per heavy atom. The SMILES string of the molecule is COc1ccccc1C=CC=NNC(=O)CSc1nnc(-c2ccccc2)n1-c1ccc(C)cc1. The Morgan fingerprint density at radius 1 is 1.03 bits per heavy atom. The minimum atomic E-state index is -0.239. The number of methoxy groups -OCH3 is 1. The van der Waals surface area contributed by atoms with Crippen LogP contribution in [-0.4, -0.2) is 39.7 Å². The lowest BCUT2D eigenvalue weighted by Gasteiger charge is -2.10. The zero-order valence-electron chi connectivity index (χ0n) is 19.5. The Morgan fingerprint density at radius 3 is 2.54 bits per heavy atom. The van der Waals surface area contributed by atoms with Crippen molar-refractivity contribution in [2.24, 2.45) is 5.10 Å². The Balaban J connectivity index is 1.42. The summed E-state index contributed by atoms with van der Waals surface area (Å²) in [5, 5.41) is 13.4. The van der Waals surface area contributed by atoms with E-state index in [0.29, 0.717) is 5.16 Å². The van der Waals surface area contributed by atoms with Gasteiger partial charge in [0, 0.05) is 23.0 Å². The topological polar surface area (TPSA) is 81.4 Å². The van der Waals surface area contributed by atoms with Crippen molar-refractivity contribution in [1.29, 1.82) is 0 Å². The number of ether oxygens (including phenoxy) is 1. The number of thioether (sulfide) groups is 1. The van der Waals surface area contributed by atoms with E-state index in [2.05, 4.69) is 20.7 Å². The van der Waals surface area contributed by atoms with E-state index in [1.165, 1.54) is 18.0 Å². The lowest BCUT2D eigenvalue weighted by atomic mass is 10.2. The number of amides is 1. The van der Waals surface area contributed by atoms with Gasteiger partial charge < -0.3 is 4.74 Å². The summed E-state index contributed by atoms with van der Waals surface area (Å²) in [5.41, 5.74) is 6.51. The van der Waals surface area contributed by atoms with Crippen LogP contribution < -0.4 is 10.2 Å². The van der Waals surface area contributed by atoms with E-state index in [9.17, 15) is 4.79 Å². The Bertz CT molecular complexity index is 1330. The molecule has 0 unspecified atom stereocenters. The van der Waals surface area contributed by atoms with Crippen molar-refractivity contribution in [3.05, 3.63) is 96.1 Å². The number of aromatic nitrogens is 3. The fourth-order valence-corrected chi connectivity index (χ4v) is 4.07. The highest BCUT2D eigenvalue weighted by Crippen LogP contribution is 2.28. The molecule has 1 N–H and O–H groups in total. The summed E-state index contributed by atoms with van der Waals surface area (Å²) in [7, 11) is 1.63. The zero-order chi connectivity index (χ0) is 24.5. The highest BCUT2D eigenvalue weighted by Gasteiger charge is 2.17. The largest absolute Gasteiger partial charge is 0.496 e. The molecule has 1 aromatic heterocycles. The van der Waals surface area contributed by atoms with Crippen LogP contribution >= 0.6 is 11.8 Å². The molecule has 0 atom stereocenters. The average Bonchev–Trinajstić information content (AvgIpc) is 3.32. The van der Waals surface area contributed by atoms with E-state index in [1.54, 1.807) is 13.2 Å². The first-order chi connectivity index (χ1) is 17.2. The Labute approximate surface area is 208 Å². The summed E-state index contributed by atoms with van der Waals surface area (Å²) >= 11 is 1.30. The minimum absolute atomic E-state index is 0.145. The van der Waals surface area contributed by atoms with Gasteiger partial charge in [-0.1, -0.05) is 78.0 Å². The molecule has 1 amide bonds. The molecule has 0 aliphatic carbocycles. The third-order valence-electron chi connectivity index (χ3n) is 5.05. The van der Waals surface area contributed by atoms with Crippen molar-refractivity contribution in [3.63, 3.8) is 0 Å². The molecule has 35 heavy (non-hydrogen) atoms. The second-order valence-electron chi connectivity index (χ2n) is 7.55. The summed E-state index contributed by atoms with van der Waals surface area (Å²) < 4.78 is 7.27. The maximum absolute atomic E-state index is 12.4. The fraction of sp³-hybridized carbons (Fsp3) is 0.111. The normalized spacial score (nSPS) is 11.3. The zero-order valence-corrected chi connectivity index (χ0v) is 20.3. The molecule has 176 valence electrons. The number of benzene rings is 3. The second-order valence-corrected chi connectivity index (χ2v) is 8.49. The third kappa shape index (κ3) is 6.24. The van der Waals surface area contributed by atoms with Gasteiger partial charge in [-0.15, -0.1) is 10.2 Å². The molecule has 0 aliphatic rings. The third-order valence-corrected chi connectivity index (χ3v) is 5.98. The van der Waals surface area contributed by atoms with Crippen LogP contribution in [0.2, 0.25) is 0 Å². The van der Waals surface area contributed by atoms with Crippen molar-refractivity contribution < 1.29 is 9.53 Å². The standard InChI is InChI=1S/C27H25N5O2S/c1-20-14-16-23(17-15-20)32-26(22-10-4-3-5-11-22)30-31-27(32)35-19-25(33)29-28-18-8-12-21-9-6-7-13-24(21)34-2/h3-18H,19H2,1-2H3,(H,29,33). The van der Waals surface area contributed by atoms with Gasteiger partial charge >= 0.3 is 0 Å². The number of para-hydroxylation sites is 1. The molecule has 1 heterocycles. The van der Waals surface area contributed by atoms with Gasteiger partial charge in [-0.25, -0.2) is 5.43 Å². The summed E-state index contributed by atoms with van der Waals surface area (Å²) in [6, 6.07) is 25.6. The molecule has 4 rings (SSSR count). The first-order valence-electron chi connectivity index (χ1n) is 11.0. The van der Waals surface area contributed by atoms with Crippen molar-refractivity contribution >= 4 is 30.0 Å². The van der Waals surface area contributed by atoms with Gasteiger partial charge in [-0.05, 0) is 37.3 Å². The van der Waals surface area contributed by atoms with Gasteiger partial charge in [-0.2, -0.15) is 5.10 Å². The van der Waals surface area contributed by atoms with Gasteiger partial charge in [0.15, 0.2) is 11.0 Å². The Kier molecular flexibility index (Phi) is 8.08. The van der Waals surface area contributed by atoms with Crippen molar-refractivity contribution in [1.82, 2.24) is 20.2 Å². The molecule has 0 spiro atoms. The number of hydrogen-bond acceptors (Lipinski definition) is 6. The molecule has 0 saturated carbocycles. The number of hydrazone groups is 1. The maximum Gasteiger partial charge on any atom is 0.250 e. The van der Waals surface area contributed by atoms with Crippen LogP contribution in [0.5, 0.6) is 5.75 Å².